The lowest BCUT2D eigenvalue weighted by Gasteiger charge is -2.24. The molecule has 1 heterocycles. The van der Waals surface area contributed by atoms with Crippen molar-refractivity contribution in [3.8, 4) is 0 Å². The number of nitrogens with two attached hydrogens (primary N) is 1. The summed E-state index contributed by atoms with van der Waals surface area (Å²) in [5.74, 6) is 1.93. The molecular formula is C14H28N2O. The number of hydrogen-bond donors (Lipinski definition) is 1. The predicted octanol–water partition coefficient (Wildman–Crippen LogP) is 2.26. The molecule has 100 valence electrons. The molecule has 3 nitrogen and oxygen atoms in total. The fourth-order valence-electron chi connectivity index (χ4n) is 2.69. The van der Waals surface area contributed by atoms with Crippen LogP contribution in [-0.4, -0.2) is 30.4 Å². The van der Waals surface area contributed by atoms with E-state index in [0.717, 1.165) is 37.8 Å². The highest BCUT2D eigenvalue weighted by molar-refractivity contribution is 5.78. The molecule has 1 fully saturated rings. The predicted molar refractivity (Wildman–Crippen MR) is 71.6 cm³/mol. The van der Waals surface area contributed by atoms with Gasteiger partial charge >= 0.3 is 0 Å². The molecule has 1 aliphatic rings. The van der Waals surface area contributed by atoms with Crippen LogP contribution >= 0.6 is 0 Å². The van der Waals surface area contributed by atoms with Gasteiger partial charge in [-0.1, -0.05) is 20.8 Å². The molecule has 1 saturated heterocycles. The minimum atomic E-state index is 0.0931. The lowest BCUT2D eigenvalue weighted by atomic mass is 9.89. The maximum absolute atomic E-state index is 12.2. The SMILES string of the molecule is CC(CCN)C(=O)N1CCCC(C(C)C)CC1. The Balaban J connectivity index is 2.48. The number of nitrogens with zero attached hydrogens (tertiary/aromatic N) is 1. The Bertz CT molecular complexity index is 240. The maximum Gasteiger partial charge on any atom is 0.225 e. The first-order valence-corrected chi connectivity index (χ1v) is 7.05. The maximum atomic E-state index is 12.2. The minimum Gasteiger partial charge on any atom is -0.342 e. The van der Waals surface area contributed by atoms with Crippen molar-refractivity contribution in [3.63, 3.8) is 0 Å². The van der Waals surface area contributed by atoms with Crippen LogP contribution in [0.3, 0.4) is 0 Å². The van der Waals surface area contributed by atoms with Gasteiger partial charge in [0.05, 0.1) is 0 Å². The molecule has 0 radical (unpaired) electrons. The molecule has 2 unspecified atom stereocenters. The molecule has 0 aromatic rings. The summed E-state index contributed by atoms with van der Waals surface area (Å²) >= 11 is 0. The van der Waals surface area contributed by atoms with E-state index >= 15 is 0 Å². The smallest absolute Gasteiger partial charge is 0.225 e. The molecule has 0 spiro atoms. The van der Waals surface area contributed by atoms with E-state index in [1.807, 2.05) is 6.92 Å². The molecule has 2 atom stereocenters. The molecule has 1 aliphatic heterocycles. The average Bonchev–Trinajstić information content (AvgIpc) is 2.53. The second-order valence-electron chi connectivity index (χ2n) is 5.74. The van der Waals surface area contributed by atoms with Crippen LogP contribution in [0.2, 0.25) is 0 Å². The normalized spacial score (nSPS) is 23.6. The molecule has 1 rings (SSSR count). The number of rotatable bonds is 4. The number of carbonyl (C=O) groups excluding carboxylic acids is 1. The van der Waals surface area contributed by atoms with Gasteiger partial charge in [0, 0.05) is 19.0 Å². The zero-order valence-corrected chi connectivity index (χ0v) is 11.6. The van der Waals surface area contributed by atoms with Gasteiger partial charge in [0.2, 0.25) is 5.91 Å². The van der Waals surface area contributed by atoms with Gasteiger partial charge in [-0.05, 0) is 44.1 Å². The first-order chi connectivity index (χ1) is 8.06. The molecule has 1 amide bonds. The molecule has 2 N–H and O–H groups in total. The van der Waals surface area contributed by atoms with Crippen molar-refractivity contribution >= 4 is 5.91 Å². The van der Waals surface area contributed by atoms with E-state index in [4.69, 9.17) is 5.73 Å². The van der Waals surface area contributed by atoms with Crippen LogP contribution < -0.4 is 5.73 Å². The zero-order valence-electron chi connectivity index (χ0n) is 11.6. The number of hydrogen-bond acceptors (Lipinski definition) is 2. The third kappa shape index (κ3) is 4.30. The number of carbonyl (C=O) groups is 1. The van der Waals surface area contributed by atoms with Crippen molar-refractivity contribution in [1.29, 1.82) is 0 Å². The Kier molecular flexibility index (Phi) is 5.96. The first-order valence-electron chi connectivity index (χ1n) is 7.05. The van der Waals surface area contributed by atoms with Gasteiger partial charge in [-0.25, -0.2) is 0 Å². The second-order valence-corrected chi connectivity index (χ2v) is 5.74. The Hall–Kier alpha value is -0.570. The van der Waals surface area contributed by atoms with Crippen LogP contribution in [0.4, 0.5) is 0 Å². The third-order valence-corrected chi connectivity index (χ3v) is 4.05. The van der Waals surface area contributed by atoms with E-state index in [2.05, 4.69) is 18.7 Å². The van der Waals surface area contributed by atoms with E-state index in [0.29, 0.717) is 12.5 Å². The molecular weight excluding hydrogens is 212 g/mol. The van der Waals surface area contributed by atoms with Gasteiger partial charge in [-0.15, -0.1) is 0 Å². The van der Waals surface area contributed by atoms with Crippen molar-refractivity contribution in [2.45, 2.75) is 46.5 Å². The van der Waals surface area contributed by atoms with E-state index in [1.165, 1.54) is 12.8 Å². The van der Waals surface area contributed by atoms with Crippen molar-refractivity contribution in [1.82, 2.24) is 4.90 Å². The van der Waals surface area contributed by atoms with Gasteiger partial charge in [0.15, 0.2) is 0 Å². The molecule has 0 saturated carbocycles. The Morgan fingerprint density at radius 1 is 1.29 bits per heavy atom. The zero-order chi connectivity index (χ0) is 12.8. The van der Waals surface area contributed by atoms with Crippen LogP contribution in [0, 0.1) is 17.8 Å². The highest BCUT2D eigenvalue weighted by atomic mass is 16.2. The van der Waals surface area contributed by atoms with Gasteiger partial charge in [-0.2, -0.15) is 0 Å². The standard InChI is InChI=1S/C14H28N2O/c1-11(2)13-5-4-9-16(10-7-13)14(17)12(3)6-8-15/h11-13H,4-10,15H2,1-3H3. The van der Waals surface area contributed by atoms with E-state index in [1.54, 1.807) is 0 Å². The largest absolute Gasteiger partial charge is 0.342 e. The lowest BCUT2D eigenvalue weighted by Crippen LogP contribution is -2.36. The molecule has 3 heteroatoms. The lowest BCUT2D eigenvalue weighted by molar-refractivity contribution is -0.135. The quantitative estimate of drug-likeness (QED) is 0.819. The van der Waals surface area contributed by atoms with Crippen LogP contribution in [-0.2, 0) is 4.79 Å². The van der Waals surface area contributed by atoms with Crippen LogP contribution in [0.1, 0.15) is 46.5 Å². The summed E-state index contributed by atoms with van der Waals surface area (Å²) in [5, 5.41) is 0. The highest BCUT2D eigenvalue weighted by Gasteiger charge is 2.24. The van der Waals surface area contributed by atoms with Crippen LogP contribution in [0.25, 0.3) is 0 Å². The third-order valence-electron chi connectivity index (χ3n) is 4.05. The average molecular weight is 240 g/mol. The first kappa shape index (κ1) is 14.5. The second kappa shape index (κ2) is 7.00. The Morgan fingerprint density at radius 2 is 2.00 bits per heavy atom. The van der Waals surface area contributed by atoms with Crippen molar-refractivity contribution in [3.05, 3.63) is 0 Å². The monoisotopic (exact) mass is 240 g/mol. The molecule has 0 aromatic carbocycles. The summed E-state index contributed by atoms with van der Waals surface area (Å²) in [4.78, 5) is 14.2. The summed E-state index contributed by atoms with van der Waals surface area (Å²) in [6.45, 7) is 9.07. The summed E-state index contributed by atoms with van der Waals surface area (Å²) in [6, 6.07) is 0. The summed E-state index contributed by atoms with van der Waals surface area (Å²) in [5.41, 5.74) is 5.52. The fourth-order valence-corrected chi connectivity index (χ4v) is 2.69. The summed E-state index contributed by atoms with van der Waals surface area (Å²) < 4.78 is 0. The van der Waals surface area contributed by atoms with Crippen molar-refractivity contribution in [2.24, 2.45) is 23.5 Å². The van der Waals surface area contributed by atoms with E-state index in [9.17, 15) is 4.79 Å². The summed E-state index contributed by atoms with van der Waals surface area (Å²) in [7, 11) is 0. The van der Waals surface area contributed by atoms with Crippen LogP contribution in [0.15, 0.2) is 0 Å². The molecule has 0 aliphatic carbocycles. The fraction of sp³-hybridized carbons (Fsp3) is 0.929. The van der Waals surface area contributed by atoms with E-state index < -0.39 is 0 Å². The van der Waals surface area contributed by atoms with Crippen LogP contribution in [0.5, 0.6) is 0 Å². The van der Waals surface area contributed by atoms with Gasteiger partial charge in [-0.3, -0.25) is 4.79 Å². The van der Waals surface area contributed by atoms with Crippen molar-refractivity contribution in [2.75, 3.05) is 19.6 Å². The molecule has 17 heavy (non-hydrogen) atoms. The Labute approximate surface area is 106 Å². The summed E-state index contributed by atoms with van der Waals surface area (Å²) in [6.07, 6.45) is 4.40. The molecule has 0 aromatic heterocycles. The highest BCUT2D eigenvalue weighted by Crippen LogP contribution is 2.25. The van der Waals surface area contributed by atoms with Crippen molar-refractivity contribution < 1.29 is 4.79 Å². The number of amides is 1. The Morgan fingerprint density at radius 3 is 2.59 bits per heavy atom. The van der Waals surface area contributed by atoms with Gasteiger partial charge in [0.25, 0.3) is 0 Å². The number of likely N-dealkylation sites (tertiary alicyclic amines) is 1. The van der Waals surface area contributed by atoms with Gasteiger partial charge in [0.1, 0.15) is 0 Å². The van der Waals surface area contributed by atoms with Gasteiger partial charge < -0.3 is 10.6 Å². The topological polar surface area (TPSA) is 46.3 Å². The minimum absolute atomic E-state index is 0.0931. The van der Waals surface area contributed by atoms with E-state index in [-0.39, 0.29) is 5.92 Å². The molecule has 0 bridgehead atoms.